The molecule has 39 heavy (non-hydrogen) atoms. The van der Waals surface area contributed by atoms with Gasteiger partial charge in [0.05, 0.1) is 23.3 Å². The van der Waals surface area contributed by atoms with Crippen LogP contribution in [0.5, 0.6) is 0 Å². The highest BCUT2D eigenvalue weighted by molar-refractivity contribution is 6.04. The van der Waals surface area contributed by atoms with Gasteiger partial charge in [-0.15, -0.1) is 0 Å². The van der Waals surface area contributed by atoms with Crippen molar-refractivity contribution in [1.29, 1.82) is 0 Å². The number of likely N-dealkylation sites (N-methyl/N-ethyl adjacent to an activating group) is 1. The van der Waals surface area contributed by atoms with Crippen LogP contribution in [0.4, 0.5) is 13.2 Å². The number of nitrogens with one attached hydrogen (secondary N) is 2. The maximum Gasteiger partial charge on any atom is 0.435 e. The molecule has 0 aliphatic rings. The lowest BCUT2D eigenvalue weighted by Crippen LogP contribution is -2.35. The van der Waals surface area contributed by atoms with Gasteiger partial charge in [-0.05, 0) is 32.3 Å². The molecule has 14 heteroatoms. The molecule has 1 aromatic carbocycles. The van der Waals surface area contributed by atoms with E-state index in [-0.39, 0.29) is 36.6 Å². The molecule has 0 aliphatic carbocycles. The van der Waals surface area contributed by atoms with E-state index in [1.165, 1.54) is 0 Å². The van der Waals surface area contributed by atoms with Gasteiger partial charge >= 0.3 is 18.1 Å². The third-order valence-electron chi connectivity index (χ3n) is 5.18. The second-order valence-corrected chi connectivity index (χ2v) is 8.44. The Morgan fingerprint density at radius 1 is 1.05 bits per heavy atom. The first kappa shape index (κ1) is 28.8. The minimum Gasteiger partial charge on any atom is -0.478 e. The Labute approximate surface area is 219 Å². The Kier molecular flexibility index (Phi) is 9.04. The first-order valence-electron chi connectivity index (χ1n) is 11.4. The standard InChI is InChI=1S/C21H21F3N6O.C4H4O4/c1-29(2)12-16(31)26-10-11-30-18-13-6-3-4-7-14(13)27-19(21(22,23)24)17(18)28-20(30)15-8-5-9-25-15;5-3(6)1-2-4(7)8/h3-9,25H,10-12H2,1-2H3,(H,26,31);1-2H,(H,5,6)(H,7,8). The molecule has 0 atom stereocenters. The van der Waals surface area contributed by atoms with Gasteiger partial charge in [-0.1, -0.05) is 18.2 Å². The molecule has 3 heterocycles. The van der Waals surface area contributed by atoms with Crippen molar-refractivity contribution in [2.24, 2.45) is 0 Å². The van der Waals surface area contributed by atoms with E-state index in [2.05, 4.69) is 20.3 Å². The van der Waals surface area contributed by atoms with Crippen LogP contribution in [0.1, 0.15) is 5.69 Å². The zero-order valence-corrected chi connectivity index (χ0v) is 20.9. The van der Waals surface area contributed by atoms with Gasteiger partial charge in [-0.3, -0.25) is 4.79 Å². The fraction of sp³-hybridized carbons (Fsp3) is 0.240. The third kappa shape index (κ3) is 7.41. The molecule has 11 nitrogen and oxygen atoms in total. The lowest BCUT2D eigenvalue weighted by molar-refractivity contribution is -0.139. The average Bonchev–Trinajstić information content (AvgIpc) is 3.50. The number of halogens is 3. The summed E-state index contributed by atoms with van der Waals surface area (Å²) in [6.07, 6.45) is -1.86. The summed E-state index contributed by atoms with van der Waals surface area (Å²) in [6.45, 7) is 0.707. The number of benzene rings is 1. The number of carbonyl (C=O) groups is 3. The van der Waals surface area contributed by atoms with Crippen LogP contribution in [0.2, 0.25) is 0 Å². The SMILES string of the molecule is CN(C)CC(=O)NCCn1c(-c2ccc[nH]2)nc2c(C(F)(F)F)nc3ccccc3c21.O=C(O)C=CC(=O)O. The molecule has 206 valence electrons. The number of hydrogen-bond acceptors (Lipinski definition) is 6. The number of nitrogens with zero attached hydrogens (tertiary/aromatic N) is 4. The fourth-order valence-corrected chi connectivity index (χ4v) is 3.72. The number of rotatable bonds is 8. The number of para-hydroxylation sites is 1. The first-order chi connectivity index (χ1) is 18.4. The molecule has 0 fully saturated rings. The Morgan fingerprint density at radius 2 is 1.72 bits per heavy atom. The molecule has 0 radical (unpaired) electrons. The van der Waals surface area contributed by atoms with Crippen molar-refractivity contribution in [2.75, 3.05) is 27.2 Å². The van der Waals surface area contributed by atoms with Crippen LogP contribution in [0, 0.1) is 0 Å². The van der Waals surface area contributed by atoms with E-state index in [0.29, 0.717) is 34.6 Å². The monoisotopic (exact) mass is 546 g/mol. The summed E-state index contributed by atoms with van der Waals surface area (Å²) < 4.78 is 43.2. The van der Waals surface area contributed by atoms with Crippen molar-refractivity contribution in [1.82, 2.24) is 29.7 Å². The highest BCUT2D eigenvalue weighted by atomic mass is 19.4. The Balaban J connectivity index is 0.000000459. The number of carboxylic acids is 2. The zero-order valence-electron chi connectivity index (χ0n) is 20.9. The van der Waals surface area contributed by atoms with Gasteiger partial charge in [-0.25, -0.2) is 19.6 Å². The summed E-state index contributed by atoms with van der Waals surface area (Å²) in [5.41, 5.74) is -0.0876. The van der Waals surface area contributed by atoms with Crippen LogP contribution in [0.3, 0.4) is 0 Å². The molecule has 4 rings (SSSR count). The van der Waals surface area contributed by atoms with Gasteiger partial charge < -0.3 is 30.0 Å². The van der Waals surface area contributed by atoms with Crippen LogP contribution in [0.25, 0.3) is 33.5 Å². The third-order valence-corrected chi connectivity index (χ3v) is 5.18. The molecule has 3 aromatic heterocycles. The Bertz CT molecular complexity index is 1490. The van der Waals surface area contributed by atoms with Crippen molar-refractivity contribution >= 4 is 39.8 Å². The van der Waals surface area contributed by atoms with E-state index >= 15 is 0 Å². The first-order valence-corrected chi connectivity index (χ1v) is 11.4. The number of hydrogen-bond donors (Lipinski definition) is 4. The number of carbonyl (C=O) groups excluding carboxylic acids is 1. The highest BCUT2D eigenvalue weighted by Crippen LogP contribution is 2.38. The number of fused-ring (bicyclic) bond motifs is 3. The summed E-state index contributed by atoms with van der Waals surface area (Å²) in [4.78, 5) is 44.1. The molecule has 0 aliphatic heterocycles. The molecular weight excluding hydrogens is 521 g/mol. The van der Waals surface area contributed by atoms with Crippen molar-refractivity contribution in [3.8, 4) is 11.5 Å². The largest absolute Gasteiger partial charge is 0.478 e. The van der Waals surface area contributed by atoms with Crippen LogP contribution in [0.15, 0.2) is 54.7 Å². The lowest BCUT2D eigenvalue weighted by atomic mass is 10.1. The molecule has 0 spiro atoms. The zero-order chi connectivity index (χ0) is 28.7. The molecule has 0 unspecified atom stereocenters. The summed E-state index contributed by atoms with van der Waals surface area (Å²) in [6, 6.07) is 10.2. The van der Waals surface area contributed by atoms with Gasteiger partial charge in [-0.2, -0.15) is 13.2 Å². The number of alkyl halides is 3. The van der Waals surface area contributed by atoms with Crippen molar-refractivity contribution in [3.63, 3.8) is 0 Å². The van der Waals surface area contributed by atoms with Gasteiger partial charge in [0, 0.05) is 36.8 Å². The second kappa shape index (κ2) is 12.2. The Hall–Kier alpha value is -4.72. The smallest absolute Gasteiger partial charge is 0.435 e. The highest BCUT2D eigenvalue weighted by Gasteiger charge is 2.37. The van der Waals surface area contributed by atoms with Gasteiger partial charge in [0.1, 0.15) is 5.52 Å². The van der Waals surface area contributed by atoms with Gasteiger partial charge in [0.15, 0.2) is 11.5 Å². The number of aliphatic carboxylic acids is 2. The number of amides is 1. The van der Waals surface area contributed by atoms with E-state index < -0.39 is 23.8 Å². The summed E-state index contributed by atoms with van der Waals surface area (Å²) in [7, 11) is 3.56. The van der Waals surface area contributed by atoms with Crippen LogP contribution in [-0.2, 0) is 27.1 Å². The quantitative estimate of drug-likeness (QED) is 0.246. The van der Waals surface area contributed by atoms with Gasteiger partial charge in [0.25, 0.3) is 0 Å². The van der Waals surface area contributed by atoms with E-state index in [0.717, 1.165) is 0 Å². The maximum atomic E-state index is 13.8. The number of pyridine rings is 1. The minimum absolute atomic E-state index is 0.168. The summed E-state index contributed by atoms with van der Waals surface area (Å²) >= 11 is 0. The fourth-order valence-electron chi connectivity index (χ4n) is 3.72. The number of aromatic amines is 1. The molecule has 1 amide bonds. The predicted molar refractivity (Wildman–Crippen MR) is 136 cm³/mol. The number of H-pyrrole nitrogens is 1. The van der Waals surface area contributed by atoms with Crippen LogP contribution in [-0.4, -0.2) is 79.7 Å². The maximum absolute atomic E-state index is 13.8. The van der Waals surface area contributed by atoms with E-state index in [1.54, 1.807) is 66.2 Å². The molecule has 0 bridgehead atoms. The molecular formula is C25H25F3N6O5. The topological polar surface area (TPSA) is 153 Å². The summed E-state index contributed by atoms with van der Waals surface area (Å²) in [5.74, 6) is -2.33. The predicted octanol–water partition coefficient (Wildman–Crippen LogP) is 2.99. The van der Waals surface area contributed by atoms with Crippen LogP contribution >= 0.6 is 0 Å². The van der Waals surface area contributed by atoms with Gasteiger partial charge in [0.2, 0.25) is 5.91 Å². The lowest BCUT2D eigenvalue weighted by Gasteiger charge is -2.13. The number of aromatic nitrogens is 4. The molecule has 0 saturated heterocycles. The number of imidazole rings is 1. The van der Waals surface area contributed by atoms with Crippen molar-refractivity contribution < 1.29 is 37.8 Å². The Morgan fingerprint density at radius 3 is 2.28 bits per heavy atom. The molecule has 0 saturated carbocycles. The molecule has 4 aromatic rings. The van der Waals surface area contributed by atoms with E-state index in [4.69, 9.17) is 10.2 Å². The second-order valence-electron chi connectivity index (χ2n) is 8.44. The van der Waals surface area contributed by atoms with Crippen molar-refractivity contribution in [3.05, 3.63) is 60.4 Å². The van der Waals surface area contributed by atoms with Crippen LogP contribution < -0.4 is 5.32 Å². The number of carboxylic acid groups (broad SMARTS) is 2. The van der Waals surface area contributed by atoms with E-state index in [9.17, 15) is 27.6 Å². The molecule has 4 N–H and O–H groups in total. The van der Waals surface area contributed by atoms with E-state index in [1.807, 2.05) is 0 Å². The summed E-state index contributed by atoms with van der Waals surface area (Å²) in [5, 5.41) is 19.0. The van der Waals surface area contributed by atoms with Crippen molar-refractivity contribution in [2.45, 2.75) is 12.7 Å². The average molecular weight is 547 g/mol. The minimum atomic E-state index is -4.66. The normalized spacial score (nSPS) is 11.6.